The average molecular weight is 372 g/mol. The highest BCUT2D eigenvalue weighted by molar-refractivity contribution is 5.83. The largest absolute Gasteiger partial charge is 0.484 e. The molecular formula is C19H14F2N2O4. The van der Waals surface area contributed by atoms with Gasteiger partial charge in [-0.05, 0) is 42.3 Å². The second kappa shape index (κ2) is 7.77. The molecule has 0 spiro atoms. The molecule has 1 heterocycles. The van der Waals surface area contributed by atoms with Crippen molar-refractivity contribution in [3.8, 4) is 5.75 Å². The second-order valence-corrected chi connectivity index (χ2v) is 5.66. The summed E-state index contributed by atoms with van der Waals surface area (Å²) in [5.41, 5.74) is 3.15. The summed E-state index contributed by atoms with van der Waals surface area (Å²) in [4.78, 5) is 23.2. The van der Waals surface area contributed by atoms with Crippen LogP contribution >= 0.6 is 0 Å². The molecule has 1 N–H and O–H groups in total. The van der Waals surface area contributed by atoms with E-state index in [1.165, 1.54) is 24.4 Å². The molecule has 0 bridgehead atoms. The summed E-state index contributed by atoms with van der Waals surface area (Å²) in [6, 6.07) is 9.50. The number of ether oxygens (including phenoxy) is 1. The monoisotopic (exact) mass is 372 g/mol. The molecule has 3 aromatic rings. The van der Waals surface area contributed by atoms with Crippen LogP contribution in [0.1, 0.15) is 11.1 Å². The number of fused-ring (bicyclic) bond motifs is 1. The highest BCUT2D eigenvalue weighted by atomic mass is 19.2. The Labute approximate surface area is 152 Å². The normalized spacial score (nSPS) is 11.1. The Morgan fingerprint density at radius 2 is 2.00 bits per heavy atom. The number of rotatable bonds is 5. The van der Waals surface area contributed by atoms with E-state index in [-0.39, 0.29) is 12.2 Å². The van der Waals surface area contributed by atoms with E-state index in [2.05, 4.69) is 10.5 Å². The maximum Gasteiger partial charge on any atom is 0.336 e. The third kappa shape index (κ3) is 4.55. The van der Waals surface area contributed by atoms with Crippen molar-refractivity contribution in [2.75, 3.05) is 6.61 Å². The lowest BCUT2D eigenvalue weighted by molar-refractivity contribution is -0.123. The van der Waals surface area contributed by atoms with E-state index in [0.29, 0.717) is 11.3 Å². The SMILES string of the molecule is Cc1cc(=O)oc2cc(OCC(=O)N/N=C\c3ccc(F)c(F)c3)ccc12. The van der Waals surface area contributed by atoms with E-state index in [9.17, 15) is 18.4 Å². The Balaban J connectivity index is 1.58. The maximum atomic E-state index is 13.1. The first kappa shape index (κ1) is 18.2. The Morgan fingerprint density at radius 3 is 2.78 bits per heavy atom. The molecule has 27 heavy (non-hydrogen) atoms. The van der Waals surface area contributed by atoms with Crippen molar-refractivity contribution in [3.63, 3.8) is 0 Å². The fraction of sp³-hybridized carbons (Fsp3) is 0.105. The van der Waals surface area contributed by atoms with Gasteiger partial charge in [-0.2, -0.15) is 5.10 Å². The molecule has 0 aliphatic heterocycles. The quantitative estimate of drug-likeness (QED) is 0.424. The van der Waals surface area contributed by atoms with Gasteiger partial charge < -0.3 is 9.15 Å². The molecule has 2 aromatic carbocycles. The molecule has 0 aliphatic carbocycles. The van der Waals surface area contributed by atoms with Gasteiger partial charge in [0.1, 0.15) is 11.3 Å². The minimum absolute atomic E-state index is 0.287. The molecule has 0 saturated carbocycles. The Kier molecular flexibility index (Phi) is 5.25. The van der Waals surface area contributed by atoms with Crippen LogP contribution in [0.3, 0.4) is 0 Å². The number of hydrogen-bond acceptors (Lipinski definition) is 5. The van der Waals surface area contributed by atoms with Crippen molar-refractivity contribution in [2.45, 2.75) is 6.92 Å². The summed E-state index contributed by atoms with van der Waals surface area (Å²) in [6.07, 6.45) is 1.17. The predicted molar refractivity (Wildman–Crippen MR) is 94.8 cm³/mol. The standard InChI is InChI=1S/C19H14F2N2O4/c1-11-6-19(25)27-17-8-13(3-4-14(11)17)26-10-18(24)23-22-9-12-2-5-15(20)16(21)7-12/h2-9H,10H2,1H3,(H,23,24)/b22-9-. The summed E-state index contributed by atoms with van der Waals surface area (Å²) in [5, 5.41) is 4.41. The number of amides is 1. The minimum Gasteiger partial charge on any atom is -0.484 e. The van der Waals surface area contributed by atoms with Crippen LogP contribution in [0.5, 0.6) is 5.75 Å². The molecule has 0 unspecified atom stereocenters. The number of aryl methyl sites for hydroxylation is 1. The molecule has 1 amide bonds. The summed E-state index contributed by atoms with van der Waals surface area (Å²) < 4.78 is 36.3. The molecule has 0 atom stereocenters. The van der Waals surface area contributed by atoms with Crippen LogP contribution in [0.15, 0.2) is 56.8 Å². The lowest BCUT2D eigenvalue weighted by Gasteiger charge is -2.06. The van der Waals surface area contributed by atoms with Gasteiger partial charge in [-0.15, -0.1) is 0 Å². The zero-order chi connectivity index (χ0) is 19.4. The van der Waals surface area contributed by atoms with Gasteiger partial charge in [0, 0.05) is 17.5 Å². The first-order valence-corrected chi connectivity index (χ1v) is 7.86. The summed E-state index contributed by atoms with van der Waals surface area (Å²) in [5.74, 6) is -2.19. The van der Waals surface area contributed by atoms with Crippen molar-refractivity contribution in [1.29, 1.82) is 0 Å². The zero-order valence-electron chi connectivity index (χ0n) is 14.2. The molecular weight excluding hydrogens is 358 g/mol. The van der Waals surface area contributed by atoms with Crippen molar-refractivity contribution in [3.05, 3.63) is 75.6 Å². The fourth-order valence-corrected chi connectivity index (χ4v) is 2.35. The van der Waals surface area contributed by atoms with Crippen LogP contribution in [-0.2, 0) is 4.79 Å². The van der Waals surface area contributed by atoms with Gasteiger partial charge in [0.25, 0.3) is 5.91 Å². The Morgan fingerprint density at radius 1 is 1.19 bits per heavy atom. The van der Waals surface area contributed by atoms with Crippen molar-refractivity contribution in [2.24, 2.45) is 5.10 Å². The average Bonchev–Trinajstić information content (AvgIpc) is 2.62. The van der Waals surface area contributed by atoms with E-state index in [4.69, 9.17) is 9.15 Å². The van der Waals surface area contributed by atoms with Crippen molar-refractivity contribution >= 4 is 23.1 Å². The number of hydrazone groups is 1. The van der Waals surface area contributed by atoms with Crippen LogP contribution in [0.4, 0.5) is 8.78 Å². The summed E-state index contributed by atoms with van der Waals surface area (Å²) in [7, 11) is 0. The van der Waals surface area contributed by atoms with Gasteiger partial charge in [0.05, 0.1) is 6.21 Å². The van der Waals surface area contributed by atoms with Gasteiger partial charge in [-0.3, -0.25) is 4.79 Å². The lowest BCUT2D eigenvalue weighted by Crippen LogP contribution is -2.24. The van der Waals surface area contributed by atoms with E-state index < -0.39 is 23.2 Å². The lowest BCUT2D eigenvalue weighted by atomic mass is 10.1. The van der Waals surface area contributed by atoms with E-state index in [1.807, 2.05) is 0 Å². The van der Waals surface area contributed by atoms with E-state index in [1.54, 1.807) is 19.1 Å². The fourth-order valence-electron chi connectivity index (χ4n) is 2.35. The molecule has 3 rings (SSSR count). The third-order valence-electron chi connectivity index (χ3n) is 3.64. The molecule has 138 valence electrons. The van der Waals surface area contributed by atoms with Crippen molar-refractivity contribution in [1.82, 2.24) is 5.43 Å². The first-order chi connectivity index (χ1) is 12.9. The minimum atomic E-state index is -1.01. The van der Waals surface area contributed by atoms with Gasteiger partial charge in [-0.1, -0.05) is 6.07 Å². The van der Waals surface area contributed by atoms with Crippen LogP contribution in [-0.4, -0.2) is 18.7 Å². The number of benzene rings is 2. The van der Waals surface area contributed by atoms with E-state index in [0.717, 1.165) is 23.1 Å². The molecule has 0 aliphatic rings. The smallest absolute Gasteiger partial charge is 0.336 e. The number of halogens is 2. The number of hydrogen-bond donors (Lipinski definition) is 1. The van der Waals surface area contributed by atoms with Crippen molar-refractivity contribution < 1.29 is 22.7 Å². The maximum absolute atomic E-state index is 13.1. The number of nitrogens with one attached hydrogen (secondary N) is 1. The van der Waals surface area contributed by atoms with Crippen LogP contribution in [0.2, 0.25) is 0 Å². The highest BCUT2D eigenvalue weighted by Gasteiger charge is 2.06. The van der Waals surface area contributed by atoms with E-state index >= 15 is 0 Å². The number of nitrogens with zero attached hydrogens (tertiary/aromatic N) is 1. The van der Waals surface area contributed by atoms with Crippen LogP contribution < -0.4 is 15.8 Å². The van der Waals surface area contributed by atoms with Gasteiger partial charge in [-0.25, -0.2) is 19.0 Å². The Bertz CT molecular complexity index is 1090. The second-order valence-electron chi connectivity index (χ2n) is 5.66. The van der Waals surface area contributed by atoms with Gasteiger partial charge >= 0.3 is 5.63 Å². The predicted octanol–water partition coefficient (Wildman–Crippen LogP) is 2.91. The van der Waals surface area contributed by atoms with Gasteiger partial charge in [0.15, 0.2) is 18.2 Å². The first-order valence-electron chi connectivity index (χ1n) is 7.86. The zero-order valence-corrected chi connectivity index (χ0v) is 14.2. The molecule has 0 saturated heterocycles. The molecule has 1 aromatic heterocycles. The summed E-state index contributed by atoms with van der Waals surface area (Å²) in [6.45, 7) is 1.45. The molecule has 0 radical (unpaired) electrons. The summed E-state index contributed by atoms with van der Waals surface area (Å²) >= 11 is 0. The molecule has 0 fully saturated rings. The van der Waals surface area contributed by atoms with Crippen LogP contribution in [0.25, 0.3) is 11.0 Å². The third-order valence-corrected chi connectivity index (χ3v) is 3.64. The molecule has 8 heteroatoms. The number of carbonyl (C=O) groups excluding carboxylic acids is 1. The topological polar surface area (TPSA) is 80.9 Å². The van der Waals surface area contributed by atoms with Crippen LogP contribution in [0, 0.1) is 18.6 Å². The Hall–Kier alpha value is -3.55. The molecule has 6 nitrogen and oxygen atoms in total. The highest BCUT2D eigenvalue weighted by Crippen LogP contribution is 2.22. The van der Waals surface area contributed by atoms with Gasteiger partial charge in [0.2, 0.25) is 0 Å². The number of carbonyl (C=O) groups is 1.